The van der Waals surface area contributed by atoms with Crippen molar-refractivity contribution in [3.8, 4) is 0 Å². The van der Waals surface area contributed by atoms with Crippen molar-refractivity contribution < 1.29 is 4.79 Å². The number of hydrogen-bond acceptors (Lipinski definition) is 3. The van der Waals surface area contributed by atoms with E-state index in [1.165, 1.54) is 0 Å². The highest BCUT2D eigenvalue weighted by molar-refractivity contribution is 5.96. The van der Waals surface area contributed by atoms with E-state index in [9.17, 15) is 9.59 Å². The fourth-order valence-electron chi connectivity index (χ4n) is 1.64. The van der Waals surface area contributed by atoms with Gasteiger partial charge in [0.05, 0.1) is 17.6 Å². The molecule has 6 heteroatoms. The lowest BCUT2D eigenvalue weighted by Crippen LogP contribution is -2.34. The van der Waals surface area contributed by atoms with Gasteiger partial charge < -0.3 is 20.2 Å². The van der Waals surface area contributed by atoms with Gasteiger partial charge in [0.1, 0.15) is 0 Å². The van der Waals surface area contributed by atoms with Gasteiger partial charge in [-0.25, -0.2) is 4.79 Å². The molecule has 0 bridgehead atoms. The molecule has 17 heavy (non-hydrogen) atoms. The summed E-state index contributed by atoms with van der Waals surface area (Å²) in [5.41, 5.74) is 1.92. The Morgan fingerprint density at radius 2 is 2.06 bits per heavy atom. The van der Waals surface area contributed by atoms with Crippen molar-refractivity contribution in [1.29, 1.82) is 0 Å². The molecule has 1 aromatic carbocycles. The SMILES string of the molecule is CNCC(=O)N(C)c1ccc2[nH]c(=O)[nH]c2c1. The van der Waals surface area contributed by atoms with Gasteiger partial charge in [-0.05, 0) is 25.2 Å². The average Bonchev–Trinajstić information content (AvgIpc) is 2.67. The van der Waals surface area contributed by atoms with E-state index in [1.54, 1.807) is 37.2 Å². The minimum atomic E-state index is -0.249. The van der Waals surface area contributed by atoms with Crippen molar-refractivity contribution >= 4 is 22.6 Å². The summed E-state index contributed by atoms with van der Waals surface area (Å²) >= 11 is 0. The molecule has 0 radical (unpaired) electrons. The van der Waals surface area contributed by atoms with Crippen LogP contribution in [0.4, 0.5) is 5.69 Å². The Balaban J connectivity index is 2.35. The van der Waals surface area contributed by atoms with E-state index in [2.05, 4.69) is 15.3 Å². The van der Waals surface area contributed by atoms with Gasteiger partial charge in [0.2, 0.25) is 5.91 Å². The molecule has 1 amide bonds. The zero-order valence-corrected chi connectivity index (χ0v) is 9.70. The zero-order chi connectivity index (χ0) is 12.4. The molecule has 2 aromatic rings. The fourth-order valence-corrected chi connectivity index (χ4v) is 1.64. The lowest BCUT2D eigenvalue weighted by Gasteiger charge is -2.16. The van der Waals surface area contributed by atoms with Gasteiger partial charge in [-0.1, -0.05) is 0 Å². The molecule has 0 aliphatic carbocycles. The van der Waals surface area contributed by atoms with Gasteiger partial charge in [0.15, 0.2) is 0 Å². The summed E-state index contributed by atoms with van der Waals surface area (Å²) in [4.78, 5) is 29.6. The number of imidazole rings is 1. The molecule has 3 N–H and O–H groups in total. The molecule has 0 aliphatic rings. The minimum Gasteiger partial charge on any atom is -0.314 e. The van der Waals surface area contributed by atoms with Crippen LogP contribution in [0.25, 0.3) is 11.0 Å². The number of likely N-dealkylation sites (N-methyl/N-ethyl adjacent to an activating group) is 2. The Morgan fingerprint density at radius 3 is 2.76 bits per heavy atom. The molecule has 0 unspecified atom stereocenters. The van der Waals surface area contributed by atoms with Crippen LogP contribution in [-0.2, 0) is 4.79 Å². The first kappa shape index (κ1) is 11.4. The highest BCUT2D eigenvalue weighted by atomic mass is 16.2. The van der Waals surface area contributed by atoms with Crippen LogP contribution in [0.15, 0.2) is 23.0 Å². The maximum atomic E-state index is 11.7. The van der Waals surface area contributed by atoms with Crippen LogP contribution in [-0.4, -0.2) is 36.5 Å². The van der Waals surface area contributed by atoms with E-state index in [4.69, 9.17) is 0 Å². The summed E-state index contributed by atoms with van der Waals surface area (Å²) in [6.07, 6.45) is 0. The highest BCUT2D eigenvalue weighted by Gasteiger charge is 2.10. The number of aromatic nitrogens is 2. The van der Waals surface area contributed by atoms with Crippen LogP contribution in [0, 0.1) is 0 Å². The van der Waals surface area contributed by atoms with E-state index in [-0.39, 0.29) is 18.1 Å². The number of carbonyl (C=O) groups is 1. The number of nitrogens with zero attached hydrogens (tertiary/aromatic N) is 1. The monoisotopic (exact) mass is 234 g/mol. The van der Waals surface area contributed by atoms with Crippen LogP contribution >= 0.6 is 0 Å². The molecule has 1 heterocycles. The van der Waals surface area contributed by atoms with Crippen molar-refractivity contribution in [2.75, 3.05) is 25.5 Å². The normalized spacial score (nSPS) is 10.7. The van der Waals surface area contributed by atoms with E-state index < -0.39 is 0 Å². The molecule has 0 fully saturated rings. The van der Waals surface area contributed by atoms with Gasteiger partial charge in [-0.3, -0.25) is 4.79 Å². The van der Waals surface area contributed by atoms with Crippen molar-refractivity contribution in [1.82, 2.24) is 15.3 Å². The van der Waals surface area contributed by atoms with E-state index in [0.717, 1.165) is 11.2 Å². The lowest BCUT2D eigenvalue weighted by atomic mass is 10.2. The quantitative estimate of drug-likeness (QED) is 0.701. The summed E-state index contributed by atoms with van der Waals surface area (Å²) in [6.45, 7) is 0.276. The number of anilines is 1. The molecule has 0 aliphatic heterocycles. The Kier molecular flexibility index (Phi) is 2.97. The summed E-state index contributed by atoms with van der Waals surface area (Å²) in [5.74, 6) is -0.0373. The fraction of sp³-hybridized carbons (Fsp3) is 0.273. The van der Waals surface area contributed by atoms with Gasteiger partial charge in [-0.2, -0.15) is 0 Å². The third-order valence-corrected chi connectivity index (χ3v) is 2.59. The van der Waals surface area contributed by atoms with E-state index >= 15 is 0 Å². The number of fused-ring (bicyclic) bond motifs is 1. The summed E-state index contributed by atoms with van der Waals surface area (Å²) in [7, 11) is 3.42. The van der Waals surface area contributed by atoms with Crippen LogP contribution in [0.3, 0.4) is 0 Å². The first-order chi connectivity index (χ1) is 8.11. The number of benzene rings is 1. The minimum absolute atomic E-state index is 0.0373. The molecule has 6 nitrogen and oxygen atoms in total. The molecule has 2 rings (SSSR count). The number of hydrogen-bond donors (Lipinski definition) is 3. The second-order valence-corrected chi connectivity index (χ2v) is 3.79. The van der Waals surface area contributed by atoms with E-state index in [0.29, 0.717) is 5.52 Å². The third kappa shape index (κ3) is 2.21. The smallest absolute Gasteiger partial charge is 0.314 e. The molecule has 90 valence electrons. The summed E-state index contributed by atoms with van der Waals surface area (Å²) < 4.78 is 0. The van der Waals surface area contributed by atoms with Gasteiger partial charge in [0.25, 0.3) is 0 Å². The lowest BCUT2D eigenvalue weighted by molar-refractivity contribution is -0.117. The van der Waals surface area contributed by atoms with Crippen LogP contribution in [0.1, 0.15) is 0 Å². The van der Waals surface area contributed by atoms with Crippen molar-refractivity contribution in [3.05, 3.63) is 28.7 Å². The van der Waals surface area contributed by atoms with Crippen molar-refractivity contribution in [2.45, 2.75) is 0 Å². The topological polar surface area (TPSA) is 81.0 Å². The summed E-state index contributed by atoms with van der Waals surface area (Å²) in [5, 5.41) is 2.80. The second kappa shape index (κ2) is 4.42. The van der Waals surface area contributed by atoms with Gasteiger partial charge >= 0.3 is 5.69 Å². The van der Waals surface area contributed by atoms with Crippen molar-refractivity contribution in [2.24, 2.45) is 0 Å². The third-order valence-electron chi connectivity index (χ3n) is 2.59. The molecular weight excluding hydrogens is 220 g/mol. The Morgan fingerprint density at radius 1 is 1.35 bits per heavy atom. The molecular formula is C11H14N4O2. The standard InChI is InChI=1S/C11H14N4O2/c1-12-6-10(16)15(2)7-3-4-8-9(5-7)14-11(17)13-8/h3-5,12H,6H2,1-2H3,(H2,13,14,17). The predicted octanol–water partition coefficient (Wildman–Crippen LogP) is 0.0384. The van der Waals surface area contributed by atoms with Crippen LogP contribution < -0.4 is 15.9 Å². The second-order valence-electron chi connectivity index (χ2n) is 3.79. The Bertz CT molecular complexity index is 599. The number of aromatic amines is 2. The Labute approximate surface area is 97.6 Å². The zero-order valence-electron chi connectivity index (χ0n) is 9.70. The maximum absolute atomic E-state index is 11.7. The highest BCUT2D eigenvalue weighted by Crippen LogP contribution is 2.17. The first-order valence-corrected chi connectivity index (χ1v) is 5.25. The van der Waals surface area contributed by atoms with Gasteiger partial charge in [0, 0.05) is 12.7 Å². The summed E-state index contributed by atoms with van der Waals surface area (Å²) in [6, 6.07) is 5.33. The first-order valence-electron chi connectivity index (χ1n) is 5.25. The van der Waals surface area contributed by atoms with Crippen LogP contribution in [0.5, 0.6) is 0 Å². The van der Waals surface area contributed by atoms with Crippen LogP contribution in [0.2, 0.25) is 0 Å². The average molecular weight is 234 g/mol. The number of amides is 1. The number of rotatable bonds is 3. The number of carbonyl (C=O) groups excluding carboxylic acids is 1. The molecule has 0 saturated heterocycles. The molecule has 1 aromatic heterocycles. The predicted molar refractivity (Wildman–Crippen MR) is 66.3 cm³/mol. The molecule has 0 saturated carbocycles. The number of H-pyrrole nitrogens is 2. The largest absolute Gasteiger partial charge is 0.323 e. The molecule has 0 spiro atoms. The maximum Gasteiger partial charge on any atom is 0.323 e. The molecule has 0 atom stereocenters. The Hall–Kier alpha value is -2.08. The van der Waals surface area contributed by atoms with E-state index in [1.807, 2.05) is 0 Å². The van der Waals surface area contributed by atoms with Crippen molar-refractivity contribution in [3.63, 3.8) is 0 Å². The number of nitrogens with one attached hydrogen (secondary N) is 3. The van der Waals surface area contributed by atoms with Gasteiger partial charge in [-0.15, -0.1) is 0 Å².